The second-order valence-electron chi connectivity index (χ2n) is 9.72. The number of nitrogens with one attached hydrogen (secondary N) is 1. The molecule has 0 aromatic heterocycles. The summed E-state index contributed by atoms with van der Waals surface area (Å²) in [6.07, 6.45) is 6.65. The first kappa shape index (κ1) is 29.2. The summed E-state index contributed by atoms with van der Waals surface area (Å²) in [6, 6.07) is -1.12. The molecule has 0 aromatic rings. The lowest BCUT2D eigenvalue weighted by atomic mass is 9.69. The first-order valence-electron chi connectivity index (χ1n) is 12.1. The van der Waals surface area contributed by atoms with Crippen LogP contribution in [0.1, 0.15) is 54.4 Å². The van der Waals surface area contributed by atoms with Gasteiger partial charge in [0.1, 0.15) is 23.7 Å². The molecule has 2 aliphatic heterocycles. The molecule has 9 heteroatoms. The zero-order valence-electron chi connectivity index (χ0n) is 21.7. The summed E-state index contributed by atoms with van der Waals surface area (Å²) in [5, 5.41) is 22.8. The van der Waals surface area contributed by atoms with E-state index in [1.54, 1.807) is 44.2 Å². The molecule has 0 aromatic carbocycles. The molecule has 3 rings (SSSR count). The van der Waals surface area contributed by atoms with Gasteiger partial charge in [0.05, 0.1) is 18.1 Å². The van der Waals surface area contributed by atoms with Gasteiger partial charge in [0, 0.05) is 19.8 Å². The van der Waals surface area contributed by atoms with E-state index in [2.05, 4.69) is 5.32 Å². The van der Waals surface area contributed by atoms with Crippen molar-refractivity contribution >= 4 is 23.6 Å². The first-order valence-corrected chi connectivity index (χ1v) is 12.1. The molecule has 9 nitrogen and oxygen atoms in total. The molecule has 3 N–H and O–H groups in total. The quantitative estimate of drug-likeness (QED) is 0.393. The number of amides is 1. The van der Waals surface area contributed by atoms with Crippen molar-refractivity contribution in [2.45, 2.75) is 84.8 Å². The number of ether oxygens (including phenoxy) is 2. The Morgan fingerprint density at radius 3 is 2.44 bits per heavy atom. The van der Waals surface area contributed by atoms with Gasteiger partial charge in [-0.05, 0) is 33.8 Å². The number of esters is 2. The molecule has 1 aliphatic carbocycles. The summed E-state index contributed by atoms with van der Waals surface area (Å²) in [5.41, 5.74) is -0.355. The Labute approximate surface area is 211 Å². The number of aliphatic hydroxyl groups excluding tert-OH is 2. The maximum Gasteiger partial charge on any atom is 0.322 e. The van der Waals surface area contributed by atoms with E-state index in [1.165, 1.54) is 20.8 Å². The molecule has 2 heterocycles. The molecule has 3 aliphatic rings. The average Bonchev–Trinajstić information content (AvgIpc) is 2.80. The molecule has 0 unspecified atom stereocenters. The second kappa shape index (κ2) is 12.3. The number of hydrogen-bond acceptors (Lipinski definition) is 8. The molecule has 36 heavy (non-hydrogen) atoms. The lowest BCUT2D eigenvalue weighted by Crippen LogP contribution is -2.61. The second-order valence-corrected chi connectivity index (χ2v) is 9.72. The van der Waals surface area contributed by atoms with Gasteiger partial charge in [-0.15, -0.1) is 0 Å². The predicted octanol–water partition coefficient (Wildman–Crippen LogP) is 2.08. The van der Waals surface area contributed by atoms with E-state index in [9.17, 15) is 29.4 Å². The monoisotopic (exact) mass is 503 g/mol. The van der Waals surface area contributed by atoms with Crippen LogP contribution in [-0.2, 0) is 28.7 Å². The van der Waals surface area contributed by atoms with Crippen LogP contribution >= 0.6 is 0 Å². The molecule has 0 radical (unpaired) electrons. The zero-order valence-corrected chi connectivity index (χ0v) is 21.7. The largest absolute Gasteiger partial charge is 0.461 e. The first-order chi connectivity index (χ1) is 16.7. The third-order valence-corrected chi connectivity index (χ3v) is 6.51. The summed E-state index contributed by atoms with van der Waals surface area (Å²) in [7, 11) is 0. The van der Waals surface area contributed by atoms with Crippen molar-refractivity contribution in [3.8, 4) is 0 Å². The van der Waals surface area contributed by atoms with Gasteiger partial charge in [-0.1, -0.05) is 48.5 Å². The van der Waals surface area contributed by atoms with Gasteiger partial charge < -0.3 is 25.0 Å². The fourth-order valence-corrected chi connectivity index (χ4v) is 4.17. The lowest BCUT2D eigenvalue weighted by molar-refractivity contribution is -0.181. The SMILES string of the molecule is CC(=O)O[C@@H]1/C=C/C(C)=C/[C@@H](NC(=O)[C@H](C)O)[C@]2(C)C(=O)O[C@H](C[C@H](O)/C=C/C(C)=C/C1)[C@@H](C)C2=O. The summed E-state index contributed by atoms with van der Waals surface area (Å²) >= 11 is 0. The van der Waals surface area contributed by atoms with Crippen LogP contribution < -0.4 is 5.32 Å². The van der Waals surface area contributed by atoms with Crippen molar-refractivity contribution in [2.24, 2.45) is 11.3 Å². The molecule has 7 atom stereocenters. The highest BCUT2D eigenvalue weighted by Crippen LogP contribution is 2.38. The molecular formula is C27H37NO8. The van der Waals surface area contributed by atoms with Crippen LogP contribution in [0.5, 0.6) is 0 Å². The van der Waals surface area contributed by atoms with Gasteiger partial charge in [0.25, 0.3) is 0 Å². The summed E-state index contributed by atoms with van der Waals surface area (Å²) in [5.74, 6) is -3.22. The highest BCUT2D eigenvalue weighted by molar-refractivity contribution is 6.08. The van der Waals surface area contributed by atoms with Crippen molar-refractivity contribution in [3.05, 3.63) is 47.6 Å². The highest BCUT2D eigenvalue weighted by atomic mass is 16.6. The van der Waals surface area contributed by atoms with Crippen molar-refractivity contribution in [2.75, 3.05) is 0 Å². The maximum absolute atomic E-state index is 13.6. The Morgan fingerprint density at radius 1 is 1.19 bits per heavy atom. The number of allylic oxidation sites excluding steroid dienone is 4. The van der Waals surface area contributed by atoms with Crippen LogP contribution in [0, 0.1) is 11.3 Å². The molecule has 0 saturated carbocycles. The zero-order chi connectivity index (χ0) is 27.2. The van der Waals surface area contributed by atoms with Crippen LogP contribution in [0.25, 0.3) is 0 Å². The normalized spacial score (nSPS) is 37.3. The van der Waals surface area contributed by atoms with Crippen molar-refractivity contribution < 1.29 is 38.9 Å². The van der Waals surface area contributed by atoms with Crippen LogP contribution in [0.15, 0.2) is 47.6 Å². The van der Waals surface area contributed by atoms with Gasteiger partial charge in [-0.3, -0.25) is 19.2 Å². The minimum absolute atomic E-state index is 0.0235. The van der Waals surface area contributed by atoms with Crippen molar-refractivity contribution in [3.63, 3.8) is 0 Å². The van der Waals surface area contributed by atoms with Crippen LogP contribution in [0.2, 0.25) is 0 Å². The number of hydrogen-bond donors (Lipinski definition) is 3. The topological polar surface area (TPSA) is 139 Å². The van der Waals surface area contributed by atoms with E-state index >= 15 is 0 Å². The Kier molecular flexibility index (Phi) is 9.95. The van der Waals surface area contributed by atoms with Crippen molar-refractivity contribution in [1.82, 2.24) is 5.32 Å². The third kappa shape index (κ3) is 7.24. The van der Waals surface area contributed by atoms with Crippen LogP contribution in [-0.4, -0.2) is 64.3 Å². The van der Waals surface area contributed by atoms with E-state index in [-0.39, 0.29) is 6.42 Å². The Balaban J connectivity index is 2.61. The standard InChI is InChI=1S/C27H37NO8/c1-15-7-10-20(31)14-22-17(3)24(32)27(6,26(34)36-22)23(28-25(33)18(4)29)13-16(2)9-12-21(11-8-15)35-19(5)30/h7-10,12-13,17-18,20-23,29,31H,11,14H2,1-6H3,(H,28,33)/b10-7+,12-9+,15-8+,16-13+/t17-,18+,20-,21+,22-,23-,27+/m1/s1. The number of ketones is 1. The van der Waals surface area contributed by atoms with Gasteiger partial charge in [-0.25, -0.2) is 0 Å². The maximum atomic E-state index is 13.6. The molecule has 1 saturated heterocycles. The van der Waals surface area contributed by atoms with E-state index in [0.717, 1.165) is 5.57 Å². The fraction of sp³-hybridized carbons (Fsp3) is 0.556. The number of rotatable bonds is 3. The number of fused-ring (bicyclic) bond motifs is 10. The number of aliphatic hydroxyl groups is 2. The highest BCUT2D eigenvalue weighted by Gasteiger charge is 2.56. The smallest absolute Gasteiger partial charge is 0.322 e. The molecule has 198 valence electrons. The minimum Gasteiger partial charge on any atom is -0.461 e. The van der Waals surface area contributed by atoms with Crippen LogP contribution in [0.4, 0.5) is 0 Å². The fourth-order valence-electron chi connectivity index (χ4n) is 4.17. The molecular weight excluding hydrogens is 466 g/mol. The number of carbonyl (C=O) groups excluding carboxylic acids is 4. The van der Waals surface area contributed by atoms with E-state index in [0.29, 0.717) is 12.0 Å². The van der Waals surface area contributed by atoms with Gasteiger partial charge >= 0.3 is 11.9 Å². The Bertz CT molecular complexity index is 992. The minimum atomic E-state index is -1.77. The lowest BCUT2D eigenvalue weighted by Gasteiger charge is -2.42. The molecule has 2 bridgehead atoms. The Morgan fingerprint density at radius 2 is 1.83 bits per heavy atom. The number of carbonyl (C=O) groups is 4. The molecule has 0 spiro atoms. The number of Topliss-reactive ketones (excluding diaryl/α,β-unsaturated/α-hetero) is 1. The molecule has 1 amide bonds. The van der Waals surface area contributed by atoms with Crippen molar-refractivity contribution in [1.29, 1.82) is 0 Å². The average molecular weight is 504 g/mol. The summed E-state index contributed by atoms with van der Waals surface area (Å²) in [6.45, 7) is 9.17. The molecule has 1 fully saturated rings. The third-order valence-electron chi connectivity index (χ3n) is 6.51. The summed E-state index contributed by atoms with van der Waals surface area (Å²) < 4.78 is 11.0. The van der Waals surface area contributed by atoms with Gasteiger partial charge in [0.2, 0.25) is 5.91 Å². The Hall–Kier alpha value is -3.04. The van der Waals surface area contributed by atoms with E-state index in [4.69, 9.17) is 9.47 Å². The van der Waals surface area contributed by atoms with E-state index < -0.39 is 65.4 Å². The van der Waals surface area contributed by atoms with Gasteiger partial charge in [0.15, 0.2) is 5.78 Å². The van der Waals surface area contributed by atoms with Gasteiger partial charge in [-0.2, -0.15) is 0 Å². The summed E-state index contributed by atoms with van der Waals surface area (Å²) in [4.78, 5) is 50.8. The predicted molar refractivity (Wildman–Crippen MR) is 132 cm³/mol. The van der Waals surface area contributed by atoms with E-state index in [1.807, 2.05) is 13.0 Å². The van der Waals surface area contributed by atoms with Crippen LogP contribution in [0.3, 0.4) is 0 Å².